The molecule has 1 rings (SSSR count). The fourth-order valence-corrected chi connectivity index (χ4v) is 1.51. The SMILES string of the molecule is OC1CCC(OCOCC(F)(F)F)CC1. The Morgan fingerprint density at radius 2 is 1.73 bits per heavy atom. The third-order valence-electron chi connectivity index (χ3n) is 2.30. The smallest absolute Gasteiger partial charge is 0.393 e. The molecule has 0 radical (unpaired) electrons. The molecule has 0 unspecified atom stereocenters. The zero-order valence-electron chi connectivity index (χ0n) is 8.29. The summed E-state index contributed by atoms with van der Waals surface area (Å²) in [5.41, 5.74) is 0. The van der Waals surface area contributed by atoms with E-state index in [9.17, 15) is 13.2 Å². The Balaban J connectivity index is 2.01. The average molecular weight is 228 g/mol. The molecule has 0 amide bonds. The third kappa shape index (κ3) is 5.96. The van der Waals surface area contributed by atoms with E-state index < -0.39 is 12.8 Å². The molecule has 1 saturated carbocycles. The topological polar surface area (TPSA) is 38.7 Å². The van der Waals surface area contributed by atoms with Gasteiger partial charge in [0.15, 0.2) is 0 Å². The summed E-state index contributed by atoms with van der Waals surface area (Å²) in [4.78, 5) is 0. The van der Waals surface area contributed by atoms with Gasteiger partial charge in [0.2, 0.25) is 0 Å². The molecular weight excluding hydrogens is 213 g/mol. The molecule has 0 bridgehead atoms. The molecule has 1 aliphatic carbocycles. The van der Waals surface area contributed by atoms with E-state index in [1.807, 2.05) is 0 Å². The van der Waals surface area contributed by atoms with Gasteiger partial charge in [-0.15, -0.1) is 0 Å². The van der Waals surface area contributed by atoms with E-state index in [-0.39, 0.29) is 19.0 Å². The molecule has 0 heterocycles. The number of rotatable bonds is 4. The number of aliphatic hydroxyl groups is 1. The molecule has 15 heavy (non-hydrogen) atoms. The summed E-state index contributed by atoms with van der Waals surface area (Å²) in [5.74, 6) is 0. The highest BCUT2D eigenvalue weighted by molar-refractivity contribution is 4.71. The molecule has 1 N–H and O–H groups in total. The summed E-state index contributed by atoms with van der Waals surface area (Å²) in [6, 6.07) is 0. The Morgan fingerprint density at radius 3 is 2.27 bits per heavy atom. The molecule has 6 heteroatoms. The van der Waals surface area contributed by atoms with Crippen LogP contribution >= 0.6 is 0 Å². The molecule has 0 atom stereocenters. The zero-order chi connectivity index (χ0) is 11.3. The first kappa shape index (κ1) is 12.7. The van der Waals surface area contributed by atoms with Gasteiger partial charge in [-0.05, 0) is 25.7 Å². The van der Waals surface area contributed by atoms with Crippen molar-refractivity contribution in [3.8, 4) is 0 Å². The fourth-order valence-electron chi connectivity index (χ4n) is 1.51. The number of ether oxygens (including phenoxy) is 2. The molecule has 0 saturated heterocycles. The lowest BCUT2D eigenvalue weighted by atomic mass is 9.95. The summed E-state index contributed by atoms with van der Waals surface area (Å²) in [5, 5.41) is 9.17. The molecular formula is C9H15F3O3. The van der Waals surface area contributed by atoms with Crippen molar-refractivity contribution in [3.63, 3.8) is 0 Å². The third-order valence-corrected chi connectivity index (χ3v) is 2.30. The van der Waals surface area contributed by atoms with Crippen molar-refractivity contribution in [2.24, 2.45) is 0 Å². The van der Waals surface area contributed by atoms with Gasteiger partial charge in [-0.25, -0.2) is 0 Å². The number of alkyl halides is 3. The van der Waals surface area contributed by atoms with Gasteiger partial charge in [-0.2, -0.15) is 13.2 Å². The van der Waals surface area contributed by atoms with Crippen molar-refractivity contribution in [3.05, 3.63) is 0 Å². The molecule has 1 aliphatic rings. The van der Waals surface area contributed by atoms with Gasteiger partial charge in [-0.1, -0.05) is 0 Å². The van der Waals surface area contributed by atoms with Crippen LogP contribution in [0.2, 0.25) is 0 Å². The number of halogens is 3. The molecule has 3 nitrogen and oxygen atoms in total. The number of hydrogen-bond acceptors (Lipinski definition) is 3. The summed E-state index contributed by atoms with van der Waals surface area (Å²) in [6.45, 7) is -1.61. The van der Waals surface area contributed by atoms with Crippen LogP contribution in [0.25, 0.3) is 0 Å². The average Bonchev–Trinajstić information content (AvgIpc) is 2.14. The highest BCUT2D eigenvalue weighted by atomic mass is 19.4. The van der Waals surface area contributed by atoms with E-state index in [0.717, 1.165) is 0 Å². The maximum absolute atomic E-state index is 11.7. The predicted octanol–water partition coefficient (Wildman–Crippen LogP) is 1.84. The van der Waals surface area contributed by atoms with Gasteiger partial charge in [0, 0.05) is 0 Å². The van der Waals surface area contributed by atoms with Crippen LogP contribution in [0.4, 0.5) is 13.2 Å². The van der Waals surface area contributed by atoms with Gasteiger partial charge >= 0.3 is 6.18 Å². The van der Waals surface area contributed by atoms with Crippen molar-refractivity contribution >= 4 is 0 Å². The number of hydrogen-bond donors (Lipinski definition) is 1. The normalized spacial score (nSPS) is 28.0. The Labute approximate surface area is 86.2 Å². The van der Waals surface area contributed by atoms with E-state index in [4.69, 9.17) is 9.84 Å². The van der Waals surface area contributed by atoms with Gasteiger partial charge in [0.25, 0.3) is 0 Å². The second-order valence-electron chi connectivity index (χ2n) is 3.68. The molecule has 0 aromatic heterocycles. The second kappa shape index (κ2) is 5.67. The zero-order valence-corrected chi connectivity index (χ0v) is 8.29. The lowest BCUT2D eigenvalue weighted by molar-refractivity contribution is -0.205. The summed E-state index contributed by atoms with van der Waals surface area (Å²) >= 11 is 0. The Morgan fingerprint density at radius 1 is 1.13 bits per heavy atom. The largest absolute Gasteiger partial charge is 0.411 e. The van der Waals surface area contributed by atoms with Crippen LogP contribution in [-0.4, -0.2) is 36.9 Å². The maximum atomic E-state index is 11.7. The molecule has 0 aromatic rings. The van der Waals surface area contributed by atoms with E-state index >= 15 is 0 Å². The van der Waals surface area contributed by atoms with Gasteiger partial charge in [-0.3, -0.25) is 0 Å². The second-order valence-corrected chi connectivity index (χ2v) is 3.68. The molecule has 1 fully saturated rings. The summed E-state index contributed by atoms with van der Waals surface area (Å²) in [7, 11) is 0. The number of aliphatic hydroxyl groups excluding tert-OH is 1. The Kier molecular flexibility index (Phi) is 4.82. The van der Waals surface area contributed by atoms with Crippen LogP contribution in [0.15, 0.2) is 0 Å². The van der Waals surface area contributed by atoms with Gasteiger partial charge in [0.1, 0.15) is 13.4 Å². The van der Waals surface area contributed by atoms with E-state index in [1.165, 1.54) is 0 Å². The summed E-state index contributed by atoms with van der Waals surface area (Å²) in [6.07, 6.45) is -2.03. The summed E-state index contributed by atoms with van der Waals surface area (Å²) < 4.78 is 44.4. The molecule has 0 aliphatic heterocycles. The van der Waals surface area contributed by atoms with Crippen LogP contribution in [-0.2, 0) is 9.47 Å². The van der Waals surface area contributed by atoms with Crippen LogP contribution in [0, 0.1) is 0 Å². The van der Waals surface area contributed by atoms with Crippen molar-refractivity contribution in [1.82, 2.24) is 0 Å². The van der Waals surface area contributed by atoms with Crippen molar-refractivity contribution < 1.29 is 27.8 Å². The monoisotopic (exact) mass is 228 g/mol. The quantitative estimate of drug-likeness (QED) is 0.589. The minimum absolute atomic E-state index is 0.0818. The lowest BCUT2D eigenvalue weighted by Gasteiger charge is -2.25. The molecule has 90 valence electrons. The van der Waals surface area contributed by atoms with Crippen LogP contribution in [0.5, 0.6) is 0 Å². The van der Waals surface area contributed by atoms with Gasteiger partial charge < -0.3 is 14.6 Å². The van der Waals surface area contributed by atoms with E-state index in [0.29, 0.717) is 25.7 Å². The maximum Gasteiger partial charge on any atom is 0.411 e. The minimum Gasteiger partial charge on any atom is -0.393 e. The first-order chi connectivity index (χ1) is 6.97. The fraction of sp³-hybridized carbons (Fsp3) is 1.00. The highest BCUT2D eigenvalue weighted by Crippen LogP contribution is 2.21. The molecule has 0 spiro atoms. The van der Waals surface area contributed by atoms with Crippen molar-refractivity contribution in [1.29, 1.82) is 0 Å². The molecule has 0 aromatic carbocycles. The first-order valence-electron chi connectivity index (χ1n) is 4.91. The minimum atomic E-state index is -4.30. The van der Waals surface area contributed by atoms with E-state index in [1.54, 1.807) is 0 Å². The van der Waals surface area contributed by atoms with Gasteiger partial charge in [0.05, 0.1) is 12.2 Å². The van der Waals surface area contributed by atoms with E-state index in [2.05, 4.69) is 4.74 Å². The van der Waals surface area contributed by atoms with Crippen LogP contribution in [0.1, 0.15) is 25.7 Å². The Hall–Kier alpha value is -0.330. The Bertz CT molecular complexity index is 176. The van der Waals surface area contributed by atoms with Crippen molar-refractivity contribution in [2.75, 3.05) is 13.4 Å². The van der Waals surface area contributed by atoms with Crippen LogP contribution in [0.3, 0.4) is 0 Å². The van der Waals surface area contributed by atoms with Crippen molar-refractivity contribution in [2.45, 2.75) is 44.1 Å². The highest BCUT2D eigenvalue weighted by Gasteiger charge is 2.27. The predicted molar refractivity (Wildman–Crippen MR) is 46.2 cm³/mol. The van der Waals surface area contributed by atoms with Crippen LogP contribution < -0.4 is 0 Å². The first-order valence-corrected chi connectivity index (χ1v) is 4.91. The lowest BCUT2D eigenvalue weighted by Crippen LogP contribution is -2.26. The standard InChI is InChI=1S/C9H15F3O3/c10-9(11,12)5-14-6-15-8-3-1-7(13)2-4-8/h7-8,13H,1-6H2.